The number of hydrogen-bond donors (Lipinski definition) is 0. The molecule has 1 saturated heterocycles. The second-order valence-electron chi connectivity index (χ2n) is 8.60. The monoisotopic (exact) mass is 432 g/mol. The van der Waals surface area contributed by atoms with Gasteiger partial charge in [0.05, 0.1) is 11.2 Å². The van der Waals surface area contributed by atoms with Gasteiger partial charge in [-0.1, -0.05) is 17.3 Å². The zero-order valence-electron chi connectivity index (χ0n) is 18.8. The topological polar surface area (TPSA) is 79.8 Å². The molecule has 1 aliphatic rings. The average Bonchev–Trinajstić information content (AvgIpc) is 3.37. The zero-order valence-corrected chi connectivity index (χ0v) is 18.8. The predicted molar refractivity (Wildman–Crippen MR) is 121 cm³/mol. The van der Waals surface area contributed by atoms with Crippen molar-refractivity contribution in [3.63, 3.8) is 0 Å². The Kier molecular flexibility index (Phi) is 5.38. The Morgan fingerprint density at radius 2 is 1.88 bits per heavy atom. The van der Waals surface area contributed by atoms with E-state index in [1.54, 1.807) is 0 Å². The molecule has 1 aromatic carbocycles. The second kappa shape index (κ2) is 8.35. The maximum absolute atomic E-state index is 12.9. The Morgan fingerprint density at radius 3 is 2.62 bits per heavy atom. The lowest BCUT2D eigenvalue weighted by Gasteiger charge is -2.34. The van der Waals surface area contributed by atoms with Crippen molar-refractivity contribution in [2.75, 3.05) is 26.2 Å². The van der Waals surface area contributed by atoms with Crippen molar-refractivity contribution in [1.29, 1.82) is 0 Å². The molecule has 0 saturated carbocycles. The average molecular weight is 433 g/mol. The third-order valence-electron chi connectivity index (χ3n) is 6.39. The van der Waals surface area contributed by atoms with Crippen LogP contribution in [0.3, 0.4) is 0 Å². The fourth-order valence-electron chi connectivity index (χ4n) is 4.61. The van der Waals surface area contributed by atoms with Gasteiger partial charge < -0.3 is 9.42 Å². The summed E-state index contributed by atoms with van der Waals surface area (Å²) in [7, 11) is 0. The van der Waals surface area contributed by atoms with Crippen molar-refractivity contribution in [2.24, 2.45) is 0 Å². The van der Waals surface area contributed by atoms with Gasteiger partial charge in [0.2, 0.25) is 5.91 Å². The number of hydrogen-bond acceptors (Lipinski definition) is 6. The van der Waals surface area contributed by atoms with E-state index < -0.39 is 0 Å². The molecule has 5 rings (SSSR count). The third kappa shape index (κ3) is 3.86. The number of carbonyl (C=O) groups is 1. The normalized spacial score (nSPS) is 15.2. The molecule has 8 nitrogen and oxygen atoms in total. The van der Waals surface area contributed by atoms with Gasteiger partial charge in [0, 0.05) is 62.0 Å². The van der Waals surface area contributed by atoms with E-state index in [-0.39, 0.29) is 5.91 Å². The molecule has 0 atom stereocenters. The van der Waals surface area contributed by atoms with E-state index in [1.165, 1.54) is 0 Å². The number of fused-ring (bicyclic) bond motifs is 3. The highest BCUT2D eigenvalue weighted by molar-refractivity contribution is 5.92. The van der Waals surface area contributed by atoms with Crippen molar-refractivity contribution in [2.45, 2.75) is 40.2 Å². The number of amides is 1. The van der Waals surface area contributed by atoms with Crippen LogP contribution >= 0.6 is 0 Å². The van der Waals surface area contributed by atoms with Crippen LogP contribution in [0.1, 0.15) is 34.8 Å². The second-order valence-corrected chi connectivity index (χ2v) is 8.60. The summed E-state index contributed by atoms with van der Waals surface area (Å²) < 4.78 is 7.07. The first-order chi connectivity index (χ1) is 15.5. The summed E-state index contributed by atoms with van der Waals surface area (Å²) in [6.07, 6.45) is 1.16. The van der Waals surface area contributed by atoms with Gasteiger partial charge in [0.1, 0.15) is 5.76 Å². The Hall–Kier alpha value is -3.26. The van der Waals surface area contributed by atoms with Crippen LogP contribution in [0.5, 0.6) is 0 Å². The van der Waals surface area contributed by atoms with Crippen LogP contribution in [0.15, 0.2) is 34.9 Å². The maximum atomic E-state index is 12.9. The Balaban J connectivity index is 1.23. The minimum Gasteiger partial charge on any atom is -0.361 e. The molecule has 1 amide bonds. The Morgan fingerprint density at radius 1 is 1.09 bits per heavy atom. The van der Waals surface area contributed by atoms with Gasteiger partial charge in [-0.2, -0.15) is 5.10 Å². The van der Waals surface area contributed by atoms with Gasteiger partial charge in [0.15, 0.2) is 5.65 Å². The molecule has 166 valence electrons. The largest absolute Gasteiger partial charge is 0.361 e. The van der Waals surface area contributed by atoms with Crippen LogP contribution in [0.4, 0.5) is 0 Å². The lowest BCUT2D eigenvalue weighted by Crippen LogP contribution is -2.48. The first-order valence-electron chi connectivity index (χ1n) is 11.2. The molecule has 1 aliphatic heterocycles. The third-order valence-corrected chi connectivity index (χ3v) is 6.39. The van der Waals surface area contributed by atoms with Crippen molar-refractivity contribution in [3.05, 3.63) is 58.7 Å². The minimum atomic E-state index is 0.200. The van der Waals surface area contributed by atoms with E-state index in [2.05, 4.69) is 23.0 Å². The molecule has 4 aromatic rings. The van der Waals surface area contributed by atoms with Gasteiger partial charge >= 0.3 is 0 Å². The van der Waals surface area contributed by atoms with Crippen LogP contribution in [0.25, 0.3) is 16.6 Å². The molecule has 0 spiro atoms. The standard InChI is InChI=1S/C24H28N6O2/c1-16-14-19(27-32-16)15-28-10-12-29(13-11-28)23(31)9-8-20-17(2)25-24-21-6-4-5-7-22(21)26-30(24)18(20)3/h4-7,14H,8-13,15H2,1-3H3. The van der Waals surface area contributed by atoms with Crippen molar-refractivity contribution < 1.29 is 9.32 Å². The van der Waals surface area contributed by atoms with Crippen molar-refractivity contribution >= 4 is 22.5 Å². The van der Waals surface area contributed by atoms with E-state index in [9.17, 15) is 4.79 Å². The van der Waals surface area contributed by atoms with E-state index in [0.29, 0.717) is 12.8 Å². The van der Waals surface area contributed by atoms with Crippen LogP contribution in [0.2, 0.25) is 0 Å². The van der Waals surface area contributed by atoms with Gasteiger partial charge in [0.25, 0.3) is 0 Å². The number of piperazine rings is 1. The molecule has 8 heteroatoms. The van der Waals surface area contributed by atoms with Crippen LogP contribution in [-0.2, 0) is 17.8 Å². The molecule has 32 heavy (non-hydrogen) atoms. The number of rotatable bonds is 5. The highest BCUT2D eigenvalue weighted by Gasteiger charge is 2.22. The quantitative estimate of drug-likeness (QED) is 0.482. The smallest absolute Gasteiger partial charge is 0.222 e. The summed E-state index contributed by atoms with van der Waals surface area (Å²) in [5.41, 5.74) is 5.91. The van der Waals surface area contributed by atoms with E-state index >= 15 is 0 Å². The molecule has 0 aliphatic carbocycles. The molecular formula is C24H28N6O2. The minimum absolute atomic E-state index is 0.200. The maximum Gasteiger partial charge on any atom is 0.222 e. The summed E-state index contributed by atoms with van der Waals surface area (Å²) >= 11 is 0. The molecule has 0 radical (unpaired) electrons. The van der Waals surface area contributed by atoms with Gasteiger partial charge in [-0.05, 0) is 44.9 Å². The molecule has 4 heterocycles. The number of benzene rings is 1. The summed E-state index contributed by atoms with van der Waals surface area (Å²) in [4.78, 5) is 22.0. The van der Waals surface area contributed by atoms with Gasteiger partial charge in [-0.15, -0.1) is 0 Å². The van der Waals surface area contributed by atoms with Crippen molar-refractivity contribution in [1.82, 2.24) is 29.6 Å². The summed E-state index contributed by atoms with van der Waals surface area (Å²) in [6, 6.07) is 10.0. The number of nitrogens with zero attached hydrogens (tertiary/aromatic N) is 6. The van der Waals surface area contributed by atoms with Gasteiger partial charge in [-0.25, -0.2) is 9.50 Å². The van der Waals surface area contributed by atoms with E-state index in [0.717, 1.165) is 77.7 Å². The fraction of sp³-hybridized carbons (Fsp3) is 0.417. The first-order valence-corrected chi connectivity index (χ1v) is 11.2. The lowest BCUT2D eigenvalue weighted by atomic mass is 10.1. The SMILES string of the molecule is Cc1cc(CN2CCN(C(=O)CCc3c(C)nc4c5ccccc5nn4c3C)CC2)no1. The number of aromatic nitrogens is 4. The van der Waals surface area contributed by atoms with Crippen LogP contribution < -0.4 is 0 Å². The summed E-state index contributed by atoms with van der Waals surface area (Å²) in [5, 5.41) is 9.84. The molecule has 1 fully saturated rings. The summed E-state index contributed by atoms with van der Waals surface area (Å²) in [5.74, 6) is 1.03. The zero-order chi connectivity index (χ0) is 22.2. The highest BCUT2D eigenvalue weighted by atomic mass is 16.5. The predicted octanol–water partition coefficient (Wildman–Crippen LogP) is 3.07. The molecule has 0 bridgehead atoms. The van der Waals surface area contributed by atoms with Crippen LogP contribution in [0, 0.1) is 20.8 Å². The lowest BCUT2D eigenvalue weighted by molar-refractivity contribution is -0.133. The van der Waals surface area contributed by atoms with Gasteiger partial charge in [-0.3, -0.25) is 9.69 Å². The fourth-order valence-corrected chi connectivity index (χ4v) is 4.61. The molecule has 0 N–H and O–H groups in total. The van der Waals surface area contributed by atoms with Crippen molar-refractivity contribution in [3.8, 4) is 0 Å². The molecular weight excluding hydrogens is 404 g/mol. The molecule has 0 unspecified atom stereocenters. The molecule has 3 aromatic heterocycles. The first kappa shape index (κ1) is 20.6. The van der Waals surface area contributed by atoms with E-state index in [4.69, 9.17) is 14.6 Å². The Labute approximate surface area is 186 Å². The number of carbonyl (C=O) groups excluding carboxylic acids is 1. The highest BCUT2D eigenvalue weighted by Crippen LogP contribution is 2.23. The number of aryl methyl sites for hydroxylation is 3. The Bertz CT molecular complexity index is 1280. The van der Waals surface area contributed by atoms with E-state index in [1.807, 2.05) is 47.5 Å². The summed E-state index contributed by atoms with van der Waals surface area (Å²) in [6.45, 7) is 9.95. The van der Waals surface area contributed by atoms with Crippen LogP contribution in [-0.4, -0.2) is 61.6 Å².